The fourth-order valence-corrected chi connectivity index (χ4v) is 1.40. The topological polar surface area (TPSA) is 0 Å². The molecule has 0 saturated carbocycles. The quantitative estimate of drug-likeness (QED) is 0.350. The monoisotopic (exact) mass is 167 g/mol. The molecule has 0 nitrogen and oxygen atoms in total. The normalized spacial score (nSPS) is 10.0. The molecule has 70 valence electrons. The molecule has 0 spiro atoms. The van der Waals surface area contributed by atoms with Crippen molar-refractivity contribution in [3.63, 3.8) is 0 Å². The first-order chi connectivity index (χ1) is 5.91. The summed E-state index contributed by atoms with van der Waals surface area (Å²) in [7, 11) is 0. The van der Waals surface area contributed by atoms with E-state index in [1.165, 1.54) is 51.4 Å². The summed E-state index contributed by atoms with van der Waals surface area (Å²) in [6, 6.07) is 0. The second-order valence-electron chi connectivity index (χ2n) is 3.50. The Kier molecular flexibility index (Phi) is 10.3. The Morgan fingerprint density at radius 1 is 0.833 bits per heavy atom. The van der Waals surface area contributed by atoms with E-state index in [1.54, 1.807) is 6.08 Å². The van der Waals surface area contributed by atoms with Gasteiger partial charge in [0.2, 0.25) is 6.58 Å². The van der Waals surface area contributed by atoms with Crippen molar-refractivity contribution in [1.29, 1.82) is 0 Å². The van der Waals surface area contributed by atoms with Crippen molar-refractivity contribution in [3.8, 4) is 0 Å². The number of rotatable bonds is 9. The van der Waals surface area contributed by atoms with Crippen molar-refractivity contribution in [2.45, 2.75) is 64.7 Å². The fraction of sp³-hybridized carbons (Fsp3) is 0.833. The molecule has 0 N–H and O–H groups in total. The van der Waals surface area contributed by atoms with E-state index in [2.05, 4.69) is 6.92 Å². The van der Waals surface area contributed by atoms with E-state index in [9.17, 15) is 0 Å². The van der Waals surface area contributed by atoms with Gasteiger partial charge in [0.1, 0.15) is 0 Å². The van der Waals surface area contributed by atoms with Crippen LogP contribution >= 0.6 is 0 Å². The van der Waals surface area contributed by atoms with Crippen molar-refractivity contribution in [2.24, 2.45) is 0 Å². The Bertz CT molecular complexity index is 84.0. The van der Waals surface area contributed by atoms with Gasteiger partial charge in [-0.25, -0.2) is 0 Å². The van der Waals surface area contributed by atoms with Gasteiger partial charge in [-0.1, -0.05) is 51.9 Å². The Balaban J connectivity index is 2.77. The van der Waals surface area contributed by atoms with Gasteiger partial charge in [-0.05, 0) is 6.42 Å². The summed E-state index contributed by atoms with van der Waals surface area (Å²) in [5.41, 5.74) is 0. The molecular weight excluding hydrogens is 144 g/mol. The number of unbranched alkanes of at least 4 members (excludes halogenated alkanes) is 8. The first-order valence-electron chi connectivity index (χ1n) is 5.45. The fourth-order valence-electron chi connectivity index (χ4n) is 1.40. The van der Waals surface area contributed by atoms with E-state index in [-0.39, 0.29) is 0 Å². The van der Waals surface area contributed by atoms with E-state index in [4.69, 9.17) is 6.58 Å². The van der Waals surface area contributed by atoms with E-state index in [0.29, 0.717) is 0 Å². The zero-order valence-electron chi connectivity index (χ0n) is 8.52. The lowest BCUT2D eigenvalue weighted by atomic mass is 10.1. The summed E-state index contributed by atoms with van der Waals surface area (Å²) in [5, 5.41) is 0. The van der Waals surface area contributed by atoms with Crippen LogP contribution in [0.1, 0.15) is 64.7 Å². The van der Waals surface area contributed by atoms with Crippen LogP contribution in [0, 0.1) is 6.58 Å². The molecule has 0 heterocycles. The Labute approximate surface area is 78.1 Å². The van der Waals surface area contributed by atoms with Crippen LogP contribution in [-0.4, -0.2) is 0 Å². The summed E-state index contributed by atoms with van der Waals surface area (Å²) >= 11 is 0. The Morgan fingerprint density at radius 3 is 1.83 bits per heavy atom. The lowest BCUT2D eigenvalue weighted by Gasteiger charge is -1.98. The molecular formula is C12H23+. The molecule has 0 amide bonds. The van der Waals surface area contributed by atoms with Crippen LogP contribution in [0.2, 0.25) is 0 Å². The molecule has 0 rings (SSSR count). The van der Waals surface area contributed by atoms with Gasteiger partial charge >= 0.3 is 0 Å². The molecule has 0 aromatic rings. The maximum atomic E-state index is 5.28. The third-order valence-corrected chi connectivity index (χ3v) is 2.22. The highest BCUT2D eigenvalue weighted by Crippen LogP contribution is 2.09. The SMILES string of the molecule is [CH+]=CCCCCCCCCCC. The summed E-state index contributed by atoms with van der Waals surface area (Å²) in [4.78, 5) is 0. The smallest absolute Gasteiger partial charge is 0.0654 e. The zero-order valence-corrected chi connectivity index (χ0v) is 8.52. The molecule has 0 aliphatic heterocycles. The molecule has 0 aromatic carbocycles. The van der Waals surface area contributed by atoms with Gasteiger partial charge in [-0.3, -0.25) is 0 Å². The molecule has 0 aliphatic rings. The van der Waals surface area contributed by atoms with Crippen LogP contribution in [0.5, 0.6) is 0 Å². The number of hydrogen-bond donors (Lipinski definition) is 0. The molecule has 0 unspecified atom stereocenters. The van der Waals surface area contributed by atoms with Gasteiger partial charge in [0.05, 0.1) is 0 Å². The third-order valence-electron chi connectivity index (χ3n) is 2.22. The number of hydrogen-bond acceptors (Lipinski definition) is 0. The average molecular weight is 167 g/mol. The molecule has 0 bridgehead atoms. The molecule has 0 saturated heterocycles. The molecule has 0 fully saturated rings. The highest BCUT2D eigenvalue weighted by atomic mass is 14.0. The third kappa shape index (κ3) is 9.65. The lowest BCUT2D eigenvalue weighted by Crippen LogP contribution is -1.79. The molecule has 0 radical (unpaired) electrons. The lowest BCUT2D eigenvalue weighted by molar-refractivity contribution is 0.577. The van der Waals surface area contributed by atoms with Crippen molar-refractivity contribution in [3.05, 3.63) is 12.7 Å². The molecule has 0 aliphatic carbocycles. The van der Waals surface area contributed by atoms with Crippen molar-refractivity contribution in [1.82, 2.24) is 0 Å². The highest BCUT2D eigenvalue weighted by Gasteiger charge is 1.90. The maximum Gasteiger partial charge on any atom is 0.201 e. The molecule has 0 atom stereocenters. The van der Waals surface area contributed by atoms with Crippen LogP contribution < -0.4 is 0 Å². The van der Waals surface area contributed by atoms with Gasteiger partial charge in [0, 0.05) is 6.42 Å². The molecule has 0 heteroatoms. The largest absolute Gasteiger partial charge is 0.201 e. The van der Waals surface area contributed by atoms with Crippen molar-refractivity contribution in [2.75, 3.05) is 0 Å². The summed E-state index contributed by atoms with van der Waals surface area (Å²) in [6.45, 7) is 7.54. The van der Waals surface area contributed by atoms with Crippen LogP contribution in [0.4, 0.5) is 0 Å². The van der Waals surface area contributed by atoms with Gasteiger partial charge in [0.25, 0.3) is 0 Å². The number of allylic oxidation sites excluding steroid dienone is 1. The second kappa shape index (κ2) is 10.7. The minimum Gasteiger partial charge on any atom is -0.0654 e. The van der Waals surface area contributed by atoms with Crippen LogP contribution in [0.3, 0.4) is 0 Å². The van der Waals surface area contributed by atoms with Crippen LogP contribution in [0.15, 0.2) is 6.08 Å². The standard InChI is InChI=1S/C12H23/c1-3-5-7-9-11-12-10-8-6-4-2/h1,3H,4-12H2,2H3/q+1. The highest BCUT2D eigenvalue weighted by molar-refractivity contribution is 4.61. The van der Waals surface area contributed by atoms with E-state index < -0.39 is 0 Å². The van der Waals surface area contributed by atoms with Crippen molar-refractivity contribution < 1.29 is 0 Å². The minimum absolute atomic E-state index is 1.09. The van der Waals surface area contributed by atoms with Crippen molar-refractivity contribution >= 4 is 0 Å². The second-order valence-corrected chi connectivity index (χ2v) is 3.50. The summed E-state index contributed by atoms with van der Waals surface area (Å²) in [5.74, 6) is 0. The first kappa shape index (κ1) is 11.6. The van der Waals surface area contributed by atoms with E-state index in [1.807, 2.05) is 0 Å². The van der Waals surface area contributed by atoms with Gasteiger partial charge in [-0.15, -0.1) is 0 Å². The average Bonchev–Trinajstić information content (AvgIpc) is 2.10. The van der Waals surface area contributed by atoms with Gasteiger partial charge in [-0.2, -0.15) is 0 Å². The first-order valence-corrected chi connectivity index (χ1v) is 5.45. The van der Waals surface area contributed by atoms with E-state index >= 15 is 0 Å². The predicted molar refractivity (Wildman–Crippen MR) is 56.1 cm³/mol. The summed E-state index contributed by atoms with van der Waals surface area (Å²) in [6.07, 6.45) is 14.0. The summed E-state index contributed by atoms with van der Waals surface area (Å²) < 4.78 is 0. The predicted octanol–water partition coefficient (Wildman–Crippen LogP) is 4.51. The maximum absolute atomic E-state index is 5.28. The Morgan fingerprint density at radius 2 is 1.33 bits per heavy atom. The van der Waals surface area contributed by atoms with Crippen LogP contribution in [0.25, 0.3) is 0 Å². The van der Waals surface area contributed by atoms with Crippen LogP contribution in [-0.2, 0) is 0 Å². The van der Waals surface area contributed by atoms with E-state index in [0.717, 1.165) is 6.42 Å². The zero-order chi connectivity index (χ0) is 9.07. The van der Waals surface area contributed by atoms with Gasteiger partial charge in [0.15, 0.2) is 6.08 Å². The molecule has 0 aromatic heterocycles. The van der Waals surface area contributed by atoms with Gasteiger partial charge < -0.3 is 0 Å². The Hall–Kier alpha value is -0.350. The minimum atomic E-state index is 1.09. The molecule has 12 heavy (non-hydrogen) atoms.